The van der Waals surface area contributed by atoms with Crippen LogP contribution < -0.4 is 21.5 Å². The Labute approximate surface area is 142 Å². The quantitative estimate of drug-likeness (QED) is 0.677. The molecule has 1 saturated carbocycles. The highest BCUT2D eigenvalue weighted by Gasteiger charge is 2.21. The minimum atomic E-state index is -0.473. The average molecular weight is 333 g/mol. The number of hydrogen-bond acceptors (Lipinski definition) is 4. The van der Waals surface area contributed by atoms with Crippen molar-refractivity contribution in [2.45, 2.75) is 51.0 Å². The molecule has 1 fully saturated rings. The van der Waals surface area contributed by atoms with E-state index in [2.05, 4.69) is 5.32 Å². The van der Waals surface area contributed by atoms with Crippen LogP contribution in [-0.2, 0) is 9.59 Å². The molecular formula is C18H27N3O3. The maximum absolute atomic E-state index is 12.2. The molecule has 1 unspecified atom stereocenters. The lowest BCUT2D eigenvalue weighted by atomic mass is 9.85. The first-order valence-electron chi connectivity index (χ1n) is 8.62. The number of carbonyl (C=O) groups excluding carboxylic acids is 2. The molecule has 1 aromatic rings. The summed E-state index contributed by atoms with van der Waals surface area (Å²) in [6.45, 7) is 0.243. The molecule has 0 bridgehead atoms. The fraction of sp³-hybridized carbons (Fsp3) is 0.556. The van der Waals surface area contributed by atoms with Crippen molar-refractivity contribution in [2.75, 3.05) is 11.9 Å². The Kier molecular flexibility index (Phi) is 7.06. The summed E-state index contributed by atoms with van der Waals surface area (Å²) in [7, 11) is 0. The average Bonchev–Trinajstić information content (AvgIpc) is 2.57. The van der Waals surface area contributed by atoms with Gasteiger partial charge in [-0.1, -0.05) is 32.1 Å². The minimum absolute atomic E-state index is 0.150. The number of benzene rings is 1. The Hall–Kier alpha value is -2.08. The summed E-state index contributed by atoms with van der Waals surface area (Å²) in [6.07, 6.45) is 7.07. The summed E-state index contributed by atoms with van der Waals surface area (Å²) in [5.74, 6) is 0.648. The molecule has 24 heavy (non-hydrogen) atoms. The normalized spacial score (nSPS) is 16.4. The van der Waals surface area contributed by atoms with E-state index in [9.17, 15) is 9.59 Å². The smallest absolute Gasteiger partial charge is 0.241 e. The SMILES string of the molecule is NC(=O)CCOc1ccc(NC(=O)C(N)CC2CCCCC2)cc1. The number of nitrogens with two attached hydrogens (primary N) is 2. The van der Waals surface area contributed by atoms with Gasteiger partial charge in [0.15, 0.2) is 0 Å². The second-order valence-electron chi connectivity index (χ2n) is 6.42. The zero-order valence-electron chi connectivity index (χ0n) is 14.0. The second-order valence-corrected chi connectivity index (χ2v) is 6.42. The summed E-state index contributed by atoms with van der Waals surface area (Å²) in [5, 5.41) is 2.84. The van der Waals surface area contributed by atoms with Crippen molar-refractivity contribution in [3.8, 4) is 5.75 Å². The van der Waals surface area contributed by atoms with Crippen molar-refractivity contribution >= 4 is 17.5 Å². The van der Waals surface area contributed by atoms with Gasteiger partial charge in [-0.25, -0.2) is 0 Å². The van der Waals surface area contributed by atoms with E-state index in [0.717, 1.165) is 6.42 Å². The topological polar surface area (TPSA) is 107 Å². The van der Waals surface area contributed by atoms with Crippen molar-refractivity contribution in [3.63, 3.8) is 0 Å². The van der Waals surface area contributed by atoms with Gasteiger partial charge in [0, 0.05) is 5.69 Å². The molecule has 2 amide bonds. The third-order valence-electron chi connectivity index (χ3n) is 4.39. The van der Waals surface area contributed by atoms with Crippen LogP contribution in [0.4, 0.5) is 5.69 Å². The number of rotatable bonds is 8. The molecule has 0 saturated heterocycles. The number of amides is 2. The van der Waals surface area contributed by atoms with Crippen LogP contribution in [0.25, 0.3) is 0 Å². The number of hydrogen-bond donors (Lipinski definition) is 3. The van der Waals surface area contributed by atoms with Gasteiger partial charge in [0.1, 0.15) is 5.75 Å². The first-order valence-corrected chi connectivity index (χ1v) is 8.62. The van der Waals surface area contributed by atoms with Gasteiger partial charge in [0.25, 0.3) is 0 Å². The molecule has 0 spiro atoms. The lowest BCUT2D eigenvalue weighted by Crippen LogP contribution is -2.37. The first-order chi connectivity index (χ1) is 11.5. The van der Waals surface area contributed by atoms with E-state index in [-0.39, 0.29) is 18.9 Å². The van der Waals surface area contributed by atoms with Crippen LogP contribution in [0.15, 0.2) is 24.3 Å². The Balaban J connectivity index is 1.77. The van der Waals surface area contributed by atoms with Crippen molar-refractivity contribution in [1.29, 1.82) is 0 Å². The standard InChI is InChI=1S/C18H27N3O3/c19-16(12-13-4-2-1-3-5-13)18(23)21-14-6-8-15(9-7-14)24-11-10-17(20)22/h6-9,13,16H,1-5,10-12,19H2,(H2,20,22)(H,21,23). The van der Waals surface area contributed by atoms with Gasteiger partial charge in [-0.05, 0) is 36.6 Å². The molecular weight excluding hydrogens is 306 g/mol. The molecule has 1 atom stereocenters. The number of nitrogens with one attached hydrogen (secondary N) is 1. The number of primary amides is 1. The van der Waals surface area contributed by atoms with Crippen LogP contribution in [0.5, 0.6) is 5.75 Å². The molecule has 0 aliphatic heterocycles. The summed E-state index contributed by atoms with van der Waals surface area (Å²) < 4.78 is 5.39. The molecule has 6 nitrogen and oxygen atoms in total. The second kappa shape index (κ2) is 9.27. The van der Waals surface area contributed by atoms with E-state index < -0.39 is 11.9 Å². The van der Waals surface area contributed by atoms with E-state index in [1.807, 2.05) is 0 Å². The van der Waals surface area contributed by atoms with Gasteiger partial charge < -0.3 is 21.5 Å². The highest BCUT2D eigenvalue weighted by molar-refractivity contribution is 5.94. The van der Waals surface area contributed by atoms with Crippen molar-refractivity contribution < 1.29 is 14.3 Å². The predicted octanol–water partition coefficient (Wildman–Crippen LogP) is 2.18. The Bertz CT molecular complexity index is 539. The van der Waals surface area contributed by atoms with Crippen molar-refractivity contribution in [1.82, 2.24) is 0 Å². The van der Waals surface area contributed by atoms with Crippen molar-refractivity contribution in [3.05, 3.63) is 24.3 Å². The molecule has 2 rings (SSSR count). The minimum Gasteiger partial charge on any atom is -0.493 e. The summed E-state index contributed by atoms with van der Waals surface area (Å²) in [5.41, 5.74) is 11.8. The molecule has 132 valence electrons. The van der Waals surface area contributed by atoms with Gasteiger partial charge in [0.05, 0.1) is 19.1 Å². The third kappa shape index (κ3) is 6.20. The molecule has 1 aromatic carbocycles. The zero-order chi connectivity index (χ0) is 17.4. The van der Waals surface area contributed by atoms with E-state index in [1.54, 1.807) is 24.3 Å². The summed E-state index contributed by atoms with van der Waals surface area (Å²) in [6, 6.07) is 6.52. The number of anilines is 1. The lowest BCUT2D eigenvalue weighted by molar-refractivity contribution is -0.119. The molecule has 0 heterocycles. The monoisotopic (exact) mass is 333 g/mol. The number of carbonyl (C=O) groups is 2. The molecule has 5 N–H and O–H groups in total. The van der Waals surface area contributed by atoms with Crippen molar-refractivity contribution in [2.24, 2.45) is 17.4 Å². The summed E-state index contributed by atoms with van der Waals surface area (Å²) >= 11 is 0. The molecule has 1 aliphatic rings. The molecule has 0 aromatic heterocycles. The maximum atomic E-state index is 12.2. The molecule has 6 heteroatoms. The zero-order valence-corrected chi connectivity index (χ0v) is 14.0. The van der Waals surface area contributed by atoms with Crippen LogP contribution >= 0.6 is 0 Å². The lowest BCUT2D eigenvalue weighted by Gasteiger charge is -2.24. The first kappa shape index (κ1) is 18.3. The van der Waals surface area contributed by atoms with Gasteiger partial charge in [-0.15, -0.1) is 0 Å². The van der Waals surface area contributed by atoms with Gasteiger partial charge in [-0.3, -0.25) is 9.59 Å². The fourth-order valence-electron chi connectivity index (χ4n) is 3.03. The highest BCUT2D eigenvalue weighted by Crippen LogP contribution is 2.27. The van der Waals surface area contributed by atoms with E-state index >= 15 is 0 Å². The maximum Gasteiger partial charge on any atom is 0.241 e. The Morgan fingerprint density at radius 2 is 1.83 bits per heavy atom. The van der Waals surface area contributed by atoms with Gasteiger partial charge in [0.2, 0.25) is 11.8 Å². The largest absolute Gasteiger partial charge is 0.493 e. The van der Waals surface area contributed by atoms with Gasteiger partial charge in [-0.2, -0.15) is 0 Å². The summed E-state index contributed by atoms with van der Waals surface area (Å²) in [4.78, 5) is 22.9. The van der Waals surface area contributed by atoms with Crippen LogP contribution in [0.1, 0.15) is 44.9 Å². The van der Waals surface area contributed by atoms with Crippen LogP contribution in [-0.4, -0.2) is 24.5 Å². The fourth-order valence-corrected chi connectivity index (χ4v) is 3.03. The predicted molar refractivity (Wildman–Crippen MR) is 93.5 cm³/mol. The third-order valence-corrected chi connectivity index (χ3v) is 4.39. The van der Waals surface area contributed by atoms with E-state index in [4.69, 9.17) is 16.2 Å². The van der Waals surface area contributed by atoms with E-state index in [1.165, 1.54) is 32.1 Å². The highest BCUT2D eigenvalue weighted by atomic mass is 16.5. The molecule has 0 radical (unpaired) electrons. The van der Waals surface area contributed by atoms with Crippen LogP contribution in [0.2, 0.25) is 0 Å². The molecule has 1 aliphatic carbocycles. The van der Waals surface area contributed by atoms with Gasteiger partial charge >= 0.3 is 0 Å². The van der Waals surface area contributed by atoms with E-state index in [0.29, 0.717) is 17.4 Å². The number of ether oxygens (including phenoxy) is 1. The Morgan fingerprint density at radius 1 is 1.17 bits per heavy atom. The van der Waals surface area contributed by atoms with Crippen LogP contribution in [0, 0.1) is 5.92 Å². The van der Waals surface area contributed by atoms with Crippen LogP contribution in [0.3, 0.4) is 0 Å². The Morgan fingerprint density at radius 3 is 2.46 bits per heavy atom.